The van der Waals surface area contributed by atoms with Crippen LogP contribution in [0.15, 0.2) is 36.4 Å². The van der Waals surface area contributed by atoms with Gasteiger partial charge in [0.05, 0.1) is 17.0 Å². The Morgan fingerprint density at radius 2 is 1.50 bits per heavy atom. The van der Waals surface area contributed by atoms with Crippen molar-refractivity contribution >= 4 is 11.4 Å². The van der Waals surface area contributed by atoms with Gasteiger partial charge in [0.1, 0.15) is 0 Å². The molecule has 0 unspecified atom stereocenters. The van der Waals surface area contributed by atoms with Crippen LogP contribution in [0, 0.1) is 20.2 Å². The number of hydrogen-bond donors (Lipinski definition) is 0. The highest BCUT2D eigenvalue weighted by Gasteiger charge is 2.19. The van der Waals surface area contributed by atoms with Gasteiger partial charge in [0.15, 0.2) is 5.75 Å². The lowest BCUT2D eigenvalue weighted by Crippen LogP contribution is -2.12. The Morgan fingerprint density at radius 1 is 0.958 bits per heavy atom. The van der Waals surface area contributed by atoms with E-state index in [0.29, 0.717) is 23.2 Å². The Morgan fingerprint density at radius 3 is 2.00 bits per heavy atom. The van der Waals surface area contributed by atoms with Crippen LogP contribution in [0.2, 0.25) is 0 Å². The first-order valence-electron chi connectivity index (χ1n) is 7.08. The van der Waals surface area contributed by atoms with E-state index in [0.717, 1.165) is 0 Å². The minimum absolute atomic E-state index is 0.0142. The molecule has 0 fully saturated rings. The number of nitrogens with zero attached hydrogens (tertiary/aromatic N) is 3. The molecule has 0 atom stereocenters. The highest BCUT2D eigenvalue weighted by atomic mass is 16.6. The van der Waals surface area contributed by atoms with E-state index in [2.05, 4.69) is 0 Å². The molecular weight excluding hydrogens is 314 g/mol. The van der Waals surface area contributed by atoms with Gasteiger partial charge in [0.2, 0.25) is 0 Å². The third kappa shape index (κ3) is 3.66. The first kappa shape index (κ1) is 17.4. The van der Waals surface area contributed by atoms with Crippen LogP contribution >= 0.6 is 0 Å². The summed E-state index contributed by atoms with van der Waals surface area (Å²) < 4.78 is 4.97. The summed E-state index contributed by atoms with van der Waals surface area (Å²) in [6.45, 7) is 0.430. The second-order valence-corrected chi connectivity index (χ2v) is 5.48. The van der Waals surface area contributed by atoms with Crippen molar-refractivity contribution in [3.63, 3.8) is 0 Å². The molecule has 2 rings (SSSR count). The van der Waals surface area contributed by atoms with Crippen molar-refractivity contribution < 1.29 is 14.6 Å². The lowest BCUT2D eigenvalue weighted by atomic mass is 10.0. The van der Waals surface area contributed by atoms with Crippen molar-refractivity contribution in [2.75, 3.05) is 21.2 Å². The summed E-state index contributed by atoms with van der Waals surface area (Å²) in [5, 5.41) is 22.4. The quantitative estimate of drug-likeness (QED) is 0.595. The average Bonchev–Trinajstić information content (AvgIpc) is 2.53. The second-order valence-electron chi connectivity index (χ2n) is 5.48. The summed E-state index contributed by atoms with van der Waals surface area (Å²) in [5.41, 5.74) is 1.43. The lowest BCUT2D eigenvalue weighted by molar-refractivity contribution is -0.386. The fourth-order valence-electron chi connectivity index (χ4n) is 2.40. The monoisotopic (exact) mass is 331 g/mol. The standard InChI is InChI=1S/C16H17N3O5/c1-17(2)10-13-5-4-11(8-14(13)18(20)21)12-6-7-16(24-3)15(9-12)19(22)23/h4-9H,10H2,1-3H3. The first-order chi connectivity index (χ1) is 11.3. The van der Waals surface area contributed by atoms with Crippen LogP contribution in [0.3, 0.4) is 0 Å². The van der Waals surface area contributed by atoms with Gasteiger partial charge in [0.25, 0.3) is 5.69 Å². The van der Waals surface area contributed by atoms with Crippen molar-refractivity contribution in [3.8, 4) is 16.9 Å². The van der Waals surface area contributed by atoms with Crippen molar-refractivity contribution in [3.05, 3.63) is 62.2 Å². The molecule has 2 aromatic carbocycles. The van der Waals surface area contributed by atoms with E-state index in [1.807, 2.05) is 19.0 Å². The van der Waals surface area contributed by atoms with E-state index in [9.17, 15) is 20.2 Å². The van der Waals surface area contributed by atoms with Crippen LogP contribution in [0.1, 0.15) is 5.56 Å². The molecule has 0 aliphatic rings. The minimum atomic E-state index is -0.544. The highest BCUT2D eigenvalue weighted by molar-refractivity contribution is 5.71. The van der Waals surface area contributed by atoms with E-state index < -0.39 is 9.85 Å². The smallest absolute Gasteiger partial charge is 0.311 e. The summed E-state index contributed by atoms with van der Waals surface area (Å²) >= 11 is 0. The highest BCUT2D eigenvalue weighted by Crippen LogP contribution is 2.34. The Bertz CT molecular complexity index is 789. The molecule has 0 heterocycles. The predicted octanol–water partition coefficient (Wildman–Crippen LogP) is 3.24. The Labute approximate surface area is 138 Å². The summed E-state index contributed by atoms with van der Waals surface area (Å²) in [6, 6.07) is 9.29. The van der Waals surface area contributed by atoms with Gasteiger partial charge in [-0.2, -0.15) is 0 Å². The SMILES string of the molecule is COc1ccc(-c2ccc(CN(C)C)c([N+](=O)[O-])c2)cc1[N+](=O)[O-]. The third-order valence-electron chi connectivity index (χ3n) is 3.48. The fourth-order valence-corrected chi connectivity index (χ4v) is 2.40. The largest absolute Gasteiger partial charge is 0.490 e. The molecule has 2 aromatic rings. The van der Waals surface area contributed by atoms with Crippen LogP contribution in [-0.4, -0.2) is 36.0 Å². The van der Waals surface area contributed by atoms with Gasteiger partial charge in [-0.1, -0.05) is 18.2 Å². The maximum Gasteiger partial charge on any atom is 0.311 e. The van der Waals surface area contributed by atoms with Crippen molar-refractivity contribution in [2.24, 2.45) is 0 Å². The summed E-state index contributed by atoms with van der Waals surface area (Å²) in [6.07, 6.45) is 0. The zero-order valence-corrected chi connectivity index (χ0v) is 13.6. The Hall–Kier alpha value is -3.00. The molecule has 8 heteroatoms. The molecule has 0 saturated heterocycles. The molecular formula is C16H17N3O5. The van der Waals surface area contributed by atoms with Gasteiger partial charge in [-0.25, -0.2) is 0 Å². The van der Waals surface area contributed by atoms with E-state index in [1.54, 1.807) is 18.2 Å². The zero-order chi connectivity index (χ0) is 17.9. The predicted molar refractivity (Wildman–Crippen MR) is 89.1 cm³/mol. The molecule has 0 bridgehead atoms. The second kappa shape index (κ2) is 7.05. The van der Waals surface area contributed by atoms with Crippen molar-refractivity contribution in [2.45, 2.75) is 6.54 Å². The molecule has 0 amide bonds. The molecule has 24 heavy (non-hydrogen) atoms. The van der Waals surface area contributed by atoms with Gasteiger partial charge in [0, 0.05) is 24.2 Å². The van der Waals surface area contributed by atoms with Gasteiger partial charge in [-0.3, -0.25) is 20.2 Å². The molecule has 8 nitrogen and oxygen atoms in total. The maximum atomic E-state index is 11.3. The molecule has 0 spiro atoms. The zero-order valence-electron chi connectivity index (χ0n) is 13.6. The van der Waals surface area contributed by atoms with Gasteiger partial charge >= 0.3 is 5.69 Å². The number of nitro benzene ring substituents is 2. The number of methoxy groups -OCH3 is 1. The van der Waals surface area contributed by atoms with Gasteiger partial charge in [-0.05, 0) is 31.3 Å². The van der Waals surface area contributed by atoms with Crippen LogP contribution in [0.25, 0.3) is 11.1 Å². The third-order valence-corrected chi connectivity index (χ3v) is 3.48. The van der Waals surface area contributed by atoms with E-state index in [4.69, 9.17) is 4.74 Å². The fraction of sp³-hybridized carbons (Fsp3) is 0.250. The van der Waals surface area contributed by atoms with E-state index >= 15 is 0 Å². The molecule has 0 N–H and O–H groups in total. The van der Waals surface area contributed by atoms with Crippen LogP contribution in [0.4, 0.5) is 11.4 Å². The first-order valence-corrected chi connectivity index (χ1v) is 7.08. The normalized spacial score (nSPS) is 10.7. The summed E-state index contributed by atoms with van der Waals surface area (Å²) in [4.78, 5) is 23.3. The number of rotatable bonds is 6. The van der Waals surface area contributed by atoms with Crippen LogP contribution in [0.5, 0.6) is 5.75 Å². The van der Waals surface area contributed by atoms with Gasteiger partial charge in [-0.15, -0.1) is 0 Å². The number of nitro groups is 2. The maximum absolute atomic E-state index is 11.3. The summed E-state index contributed by atoms with van der Waals surface area (Å²) in [5.74, 6) is 0.141. The van der Waals surface area contributed by atoms with E-state index in [-0.39, 0.29) is 17.1 Å². The molecule has 0 radical (unpaired) electrons. The lowest BCUT2D eigenvalue weighted by Gasteiger charge is -2.11. The Balaban J connectivity index is 2.53. The number of ether oxygens (including phenoxy) is 1. The number of benzene rings is 2. The van der Waals surface area contributed by atoms with Crippen molar-refractivity contribution in [1.29, 1.82) is 0 Å². The van der Waals surface area contributed by atoms with Gasteiger partial charge < -0.3 is 9.64 Å². The topological polar surface area (TPSA) is 98.8 Å². The van der Waals surface area contributed by atoms with Crippen LogP contribution < -0.4 is 4.74 Å². The molecule has 126 valence electrons. The summed E-state index contributed by atoms with van der Waals surface area (Å²) in [7, 11) is 5.00. The van der Waals surface area contributed by atoms with Crippen molar-refractivity contribution in [1.82, 2.24) is 4.90 Å². The molecule has 0 aliphatic heterocycles. The molecule has 0 aromatic heterocycles. The Kier molecular flexibility index (Phi) is 5.10. The van der Waals surface area contributed by atoms with Crippen LogP contribution in [-0.2, 0) is 6.54 Å². The number of hydrogen-bond acceptors (Lipinski definition) is 6. The molecule has 0 aliphatic carbocycles. The van der Waals surface area contributed by atoms with E-state index in [1.165, 1.54) is 25.3 Å². The molecule has 0 saturated carbocycles. The average molecular weight is 331 g/mol. The minimum Gasteiger partial charge on any atom is -0.490 e.